The van der Waals surface area contributed by atoms with Crippen LogP contribution in [-0.4, -0.2) is 87.2 Å². The van der Waals surface area contributed by atoms with Gasteiger partial charge in [-0.15, -0.1) is 0 Å². The van der Waals surface area contributed by atoms with Crippen LogP contribution in [0.25, 0.3) is 0 Å². The Bertz CT molecular complexity index is 1330. The van der Waals surface area contributed by atoms with E-state index in [-0.39, 0.29) is 40.2 Å². The first-order valence-corrected chi connectivity index (χ1v) is 23.4. The van der Waals surface area contributed by atoms with Gasteiger partial charge in [-0.1, -0.05) is 62.3 Å². The monoisotopic (exact) mass is 779 g/mol. The van der Waals surface area contributed by atoms with Gasteiger partial charge < -0.3 is 39.7 Å². The van der Waals surface area contributed by atoms with Crippen LogP contribution in [0.4, 0.5) is 4.79 Å². The van der Waals surface area contributed by atoms with Crippen LogP contribution in [0.1, 0.15) is 135 Å². The number of carbonyl (C=O) groups excluding carboxylic acids is 4. The fraction of sp³-hybridized carbons (Fsp3) is 0.900. The van der Waals surface area contributed by atoms with Gasteiger partial charge in [-0.2, -0.15) is 0 Å². The quantitative estimate of drug-likeness (QED) is 0.0963. The summed E-state index contributed by atoms with van der Waals surface area (Å²) < 4.78 is 25.4. The van der Waals surface area contributed by atoms with E-state index in [1.807, 2.05) is 6.92 Å². The van der Waals surface area contributed by atoms with E-state index < -0.39 is 62.8 Å². The molecule has 0 radical (unpaired) electrons. The number of ether oxygens (including phenoxy) is 1. The van der Waals surface area contributed by atoms with Crippen molar-refractivity contribution in [3.63, 3.8) is 0 Å². The molecule has 4 aliphatic rings. The van der Waals surface area contributed by atoms with E-state index in [2.05, 4.69) is 89.8 Å². The van der Waals surface area contributed by atoms with Crippen molar-refractivity contribution in [3.05, 3.63) is 0 Å². The van der Waals surface area contributed by atoms with Crippen molar-refractivity contribution in [2.45, 2.75) is 195 Å². The van der Waals surface area contributed by atoms with Crippen LogP contribution in [0.15, 0.2) is 0 Å². The normalized spacial score (nSPS) is 25.9. The van der Waals surface area contributed by atoms with E-state index in [1.165, 1.54) is 0 Å². The molecule has 2 bridgehead atoms. The maximum Gasteiger partial charge on any atom is 0.481 e. The minimum Gasteiger partial charge on any atom is -0.444 e. The molecule has 14 heteroatoms. The number of alkyl carbamates (subject to hydrolysis) is 1. The zero-order valence-electron chi connectivity index (χ0n) is 36.5. The predicted molar refractivity (Wildman–Crippen MR) is 216 cm³/mol. The van der Waals surface area contributed by atoms with Crippen molar-refractivity contribution >= 4 is 39.3 Å². The lowest BCUT2D eigenvalue weighted by Crippen LogP contribution is -2.65. The molecule has 1 heterocycles. The third-order valence-corrected chi connectivity index (χ3v) is 17.0. The molecular formula is C40H75BN4O8Si. The third kappa shape index (κ3) is 11.5. The number of rotatable bonds is 17. The maximum absolute atomic E-state index is 14.4. The Labute approximate surface area is 328 Å². The van der Waals surface area contributed by atoms with Gasteiger partial charge in [0.25, 0.3) is 0 Å². The van der Waals surface area contributed by atoms with E-state index in [0.717, 1.165) is 12.8 Å². The topological polar surface area (TPSA) is 153 Å². The van der Waals surface area contributed by atoms with Crippen molar-refractivity contribution in [2.24, 2.45) is 29.1 Å². The highest BCUT2D eigenvalue weighted by Gasteiger charge is 2.68. The Hall–Kier alpha value is -2.16. The first kappa shape index (κ1) is 46.2. The summed E-state index contributed by atoms with van der Waals surface area (Å²) in [5.41, 5.74) is -0.865. The van der Waals surface area contributed by atoms with Crippen molar-refractivity contribution < 1.29 is 37.6 Å². The molecule has 0 unspecified atom stereocenters. The minimum atomic E-state index is -2.34. The van der Waals surface area contributed by atoms with Gasteiger partial charge in [-0.25, -0.2) is 4.79 Å². The SMILES string of the molecule is CC(C)C[C@H](NC(=O)[C@H](CCCCNC(=O)OC(C)(C)C)NC(=O)[C@@H](NC(=O)C(C)C)[C@@H](C)O[Si](C)(C)C(C)(C)C)B1O[C@@H]2C[C@@H]3C[C@@H](C3(C)C)[C@]2(C)O1. The summed E-state index contributed by atoms with van der Waals surface area (Å²) in [4.78, 5) is 53.9. The van der Waals surface area contributed by atoms with Crippen molar-refractivity contribution in [3.8, 4) is 0 Å². The summed E-state index contributed by atoms with van der Waals surface area (Å²) >= 11 is 0. The Kier molecular flexibility index (Phi) is 15.0. The number of amides is 4. The molecule has 310 valence electrons. The number of carbonyl (C=O) groups is 4. The number of hydrogen-bond donors (Lipinski definition) is 4. The Morgan fingerprint density at radius 2 is 1.50 bits per heavy atom. The van der Waals surface area contributed by atoms with Gasteiger partial charge in [0.1, 0.15) is 17.7 Å². The molecule has 0 spiro atoms. The van der Waals surface area contributed by atoms with Gasteiger partial charge in [0.2, 0.25) is 17.7 Å². The van der Waals surface area contributed by atoms with Crippen LogP contribution in [-0.2, 0) is 32.9 Å². The fourth-order valence-corrected chi connectivity index (χ4v) is 9.45. The summed E-state index contributed by atoms with van der Waals surface area (Å²) in [6, 6.07) is -1.96. The molecule has 0 aromatic carbocycles. The average molecular weight is 779 g/mol. The molecule has 1 aliphatic heterocycles. The van der Waals surface area contributed by atoms with E-state index >= 15 is 0 Å². The molecule has 4 rings (SSSR count). The average Bonchev–Trinajstić information content (AvgIpc) is 3.37. The second-order valence-electron chi connectivity index (χ2n) is 20.3. The smallest absolute Gasteiger partial charge is 0.444 e. The molecule has 4 fully saturated rings. The van der Waals surface area contributed by atoms with Crippen molar-refractivity contribution in [1.29, 1.82) is 0 Å². The highest BCUT2D eigenvalue weighted by molar-refractivity contribution is 6.74. The summed E-state index contributed by atoms with van der Waals surface area (Å²) in [7, 11) is -2.96. The minimum absolute atomic E-state index is 0.0356. The molecule has 1 saturated heterocycles. The Morgan fingerprint density at radius 3 is 2.04 bits per heavy atom. The molecule has 4 amide bonds. The molecule has 3 saturated carbocycles. The molecule has 12 nitrogen and oxygen atoms in total. The third-order valence-electron chi connectivity index (χ3n) is 12.4. The highest BCUT2D eigenvalue weighted by Crippen LogP contribution is 2.65. The van der Waals surface area contributed by atoms with Crippen LogP contribution in [0.2, 0.25) is 18.1 Å². The number of unbranched alkanes of at least 4 members (excludes halogenated alkanes) is 1. The molecule has 0 aromatic heterocycles. The summed E-state index contributed by atoms with van der Waals surface area (Å²) in [5.74, 6) is -0.707. The number of hydrogen-bond acceptors (Lipinski definition) is 8. The van der Waals surface area contributed by atoms with Gasteiger partial charge in [0, 0.05) is 12.5 Å². The zero-order chi connectivity index (χ0) is 41.2. The first-order valence-electron chi connectivity index (χ1n) is 20.5. The van der Waals surface area contributed by atoms with E-state index in [0.29, 0.717) is 44.1 Å². The Balaban J connectivity index is 1.84. The standard InChI is InChI=1S/C40H75BN4O8Si/c1-24(2)21-31(41-51-30-23-27-22-29(39(27,12)13)40(30,14)53-41)44-34(47)28(19-17-18-20-42-36(49)50-37(6,7)8)43-35(48)32(45-33(46)25(3)4)26(5)52-54(15,16)38(9,10)11/h24-32H,17-23H2,1-16H3,(H,42,49)(H,43,48)(H,44,47)(H,45,46)/t26-,27+,28+,29+,30-,31+,32+,40+/m1/s1. The summed E-state index contributed by atoms with van der Waals surface area (Å²) in [5, 5.41) is 11.8. The highest BCUT2D eigenvalue weighted by atomic mass is 28.4. The lowest BCUT2D eigenvalue weighted by molar-refractivity contribution is -0.199. The van der Waals surface area contributed by atoms with Crippen LogP contribution in [0.3, 0.4) is 0 Å². The molecule has 4 N–H and O–H groups in total. The molecule has 3 aliphatic carbocycles. The molecule has 8 atom stereocenters. The molecular weight excluding hydrogens is 703 g/mol. The van der Waals surface area contributed by atoms with Crippen molar-refractivity contribution in [2.75, 3.05) is 6.54 Å². The largest absolute Gasteiger partial charge is 0.481 e. The number of nitrogens with one attached hydrogen (secondary N) is 4. The second kappa shape index (κ2) is 17.5. The van der Waals surface area contributed by atoms with Crippen LogP contribution < -0.4 is 21.3 Å². The lowest BCUT2D eigenvalue weighted by Gasteiger charge is -2.64. The Morgan fingerprint density at radius 1 is 0.870 bits per heavy atom. The van der Waals surface area contributed by atoms with Gasteiger partial charge in [-0.05, 0) is 114 Å². The lowest BCUT2D eigenvalue weighted by atomic mass is 9.43. The van der Waals surface area contributed by atoms with Gasteiger partial charge >= 0.3 is 13.2 Å². The van der Waals surface area contributed by atoms with Crippen LogP contribution >= 0.6 is 0 Å². The van der Waals surface area contributed by atoms with Gasteiger partial charge in [0.15, 0.2) is 8.32 Å². The van der Waals surface area contributed by atoms with Crippen molar-refractivity contribution in [1.82, 2.24) is 21.3 Å². The second-order valence-corrected chi connectivity index (χ2v) is 25.0. The van der Waals surface area contributed by atoms with E-state index in [4.69, 9.17) is 18.5 Å². The van der Waals surface area contributed by atoms with E-state index in [1.54, 1.807) is 34.6 Å². The van der Waals surface area contributed by atoms with Crippen LogP contribution in [0.5, 0.6) is 0 Å². The first-order chi connectivity index (χ1) is 24.6. The fourth-order valence-electron chi connectivity index (χ4n) is 8.03. The van der Waals surface area contributed by atoms with Gasteiger partial charge in [-0.3, -0.25) is 14.4 Å². The molecule has 0 aromatic rings. The maximum atomic E-state index is 14.4. The predicted octanol–water partition coefficient (Wildman–Crippen LogP) is 6.52. The zero-order valence-corrected chi connectivity index (χ0v) is 37.5. The van der Waals surface area contributed by atoms with E-state index in [9.17, 15) is 19.2 Å². The van der Waals surface area contributed by atoms with Crippen LogP contribution in [0, 0.1) is 29.1 Å². The summed E-state index contributed by atoms with van der Waals surface area (Å²) in [6.45, 7) is 32.7. The molecule has 54 heavy (non-hydrogen) atoms. The van der Waals surface area contributed by atoms with Gasteiger partial charge in [0.05, 0.1) is 23.8 Å². The summed E-state index contributed by atoms with van der Waals surface area (Å²) in [6.07, 6.45) is 2.88.